The second-order valence-electron chi connectivity index (χ2n) is 3.32. The van der Waals surface area contributed by atoms with Crippen LogP contribution in [-0.4, -0.2) is 23.6 Å². The molecule has 0 radical (unpaired) electrons. The maximum Gasteiger partial charge on any atom is 0.315 e. The molecule has 1 aromatic rings. The highest BCUT2D eigenvalue weighted by molar-refractivity contribution is 6.37. The van der Waals surface area contributed by atoms with Gasteiger partial charge in [0.1, 0.15) is 6.42 Å². The lowest BCUT2D eigenvalue weighted by Crippen LogP contribution is -2.18. The molecule has 0 aliphatic rings. The molecule has 7 heteroatoms. The Kier molecular flexibility index (Phi) is 5.25. The molecule has 0 heterocycles. The summed E-state index contributed by atoms with van der Waals surface area (Å²) < 4.78 is 4.62. The fraction of sp³-hybridized carbons (Fsp3) is 0.273. The molecule has 1 aromatic carbocycles. The van der Waals surface area contributed by atoms with Gasteiger partial charge in [0.05, 0.1) is 16.7 Å². The molecule has 0 spiro atoms. The second kappa shape index (κ2) is 6.47. The summed E-state index contributed by atoms with van der Waals surface area (Å²) in [6.07, 6.45) is -0.399. The fourth-order valence-electron chi connectivity index (χ4n) is 1.19. The van der Waals surface area contributed by atoms with Crippen LogP contribution >= 0.6 is 23.2 Å². The molecule has 0 aliphatic carbocycles. The quantitative estimate of drug-likeness (QED) is 0.508. The zero-order valence-electron chi connectivity index (χ0n) is 9.50. The number of esters is 1. The van der Waals surface area contributed by atoms with E-state index in [0.29, 0.717) is 0 Å². The number of hydrogen-bond acceptors (Lipinski definition) is 4. The highest BCUT2D eigenvalue weighted by Crippen LogP contribution is 2.34. The first-order valence-electron chi connectivity index (χ1n) is 5.07. The molecule has 98 valence electrons. The van der Waals surface area contributed by atoms with Crippen LogP contribution < -0.4 is 5.32 Å². The minimum absolute atomic E-state index is 0.00827. The molecule has 2 N–H and O–H groups in total. The zero-order chi connectivity index (χ0) is 13.7. The zero-order valence-corrected chi connectivity index (χ0v) is 11.0. The summed E-state index contributed by atoms with van der Waals surface area (Å²) in [7, 11) is 0. The van der Waals surface area contributed by atoms with Crippen molar-refractivity contribution in [3.8, 4) is 5.75 Å². The summed E-state index contributed by atoms with van der Waals surface area (Å²) in [4.78, 5) is 22.5. The predicted molar refractivity (Wildman–Crippen MR) is 68.0 cm³/mol. The summed E-state index contributed by atoms with van der Waals surface area (Å²) in [5, 5.41) is 11.8. The van der Waals surface area contributed by atoms with Gasteiger partial charge in [-0.1, -0.05) is 23.2 Å². The maximum atomic E-state index is 11.4. The lowest BCUT2D eigenvalue weighted by atomic mass is 10.3. The van der Waals surface area contributed by atoms with Crippen molar-refractivity contribution < 1.29 is 19.4 Å². The molecule has 0 atom stereocenters. The van der Waals surface area contributed by atoms with Crippen LogP contribution in [0.1, 0.15) is 13.3 Å². The van der Waals surface area contributed by atoms with Gasteiger partial charge in [-0.15, -0.1) is 0 Å². The number of nitrogens with one attached hydrogen (secondary N) is 1. The van der Waals surface area contributed by atoms with Gasteiger partial charge in [-0.25, -0.2) is 0 Å². The number of phenolic OH excluding ortho intramolecular Hbond substituents is 1. The van der Waals surface area contributed by atoms with Crippen molar-refractivity contribution in [1.82, 2.24) is 0 Å². The minimum Gasteiger partial charge on any atom is -0.505 e. The Morgan fingerprint density at radius 2 is 1.89 bits per heavy atom. The van der Waals surface area contributed by atoms with Crippen LogP contribution in [-0.2, 0) is 14.3 Å². The third kappa shape index (κ3) is 4.09. The topological polar surface area (TPSA) is 75.6 Å². The molecule has 0 unspecified atom stereocenters. The Morgan fingerprint density at radius 3 is 2.39 bits per heavy atom. The van der Waals surface area contributed by atoms with Gasteiger partial charge in [-0.3, -0.25) is 9.59 Å². The number of ether oxygens (including phenoxy) is 1. The van der Waals surface area contributed by atoms with E-state index in [0.717, 1.165) is 0 Å². The van der Waals surface area contributed by atoms with Gasteiger partial charge < -0.3 is 15.2 Å². The first-order chi connectivity index (χ1) is 8.43. The Morgan fingerprint density at radius 1 is 1.33 bits per heavy atom. The van der Waals surface area contributed by atoms with E-state index in [-0.39, 0.29) is 28.1 Å². The van der Waals surface area contributed by atoms with Crippen molar-refractivity contribution in [3.05, 3.63) is 22.2 Å². The molecule has 1 amide bonds. The van der Waals surface area contributed by atoms with Gasteiger partial charge in [-0.05, 0) is 19.1 Å². The number of aromatic hydroxyl groups is 1. The van der Waals surface area contributed by atoms with E-state index in [1.54, 1.807) is 6.92 Å². The van der Waals surface area contributed by atoms with Crippen LogP contribution in [0.4, 0.5) is 5.69 Å². The maximum absolute atomic E-state index is 11.4. The largest absolute Gasteiger partial charge is 0.505 e. The predicted octanol–water partition coefficient (Wildman–Crippen LogP) is 2.59. The number of carbonyl (C=O) groups excluding carboxylic acids is 2. The fourth-order valence-corrected chi connectivity index (χ4v) is 1.67. The van der Waals surface area contributed by atoms with E-state index in [9.17, 15) is 14.7 Å². The van der Waals surface area contributed by atoms with Crippen molar-refractivity contribution in [2.75, 3.05) is 11.9 Å². The van der Waals surface area contributed by atoms with Crippen LogP contribution in [0.25, 0.3) is 0 Å². The molecule has 0 fully saturated rings. The molecular weight excluding hydrogens is 281 g/mol. The molecule has 5 nitrogen and oxygen atoms in total. The summed E-state index contributed by atoms with van der Waals surface area (Å²) in [5.74, 6) is -1.43. The van der Waals surface area contributed by atoms with Gasteiger partial charge in [-0.2, -0.15) is 0 Å². The van der Waals surface area contributed by atoms with Crippen LogP contribution in [0.3, 0.4) is 0 Å². The molecule has 0 saturated heterocycles. The minimum atomic E-state index is -0.619. The van der Waals surface area contributed by atoms with Crippen molar-refractivity contribution >= 4 is 40.8 Å². The van der Waals surface area contributed by atoms with Gasteiger partial charge in [0, 0.05) is 5.69 Å². The lowest BCUT2D eigenvalue weighted by Gasteiger charge is -2.07. The highest BCUT2D eigenvalue weighted by Gasteiger charge is 2.12. The molecule has 0 aromatic heterocycles. The van der Waals surface area contributed by atoms with E-state index in [1.807, 2.05) is 0 Å². The van der Waals surface area contributed by atoms with Gasteiger partial charge in [0.25, 0.3) is 0 Å². The van der Waals surface area contributed by atoms with Gasteiger partial charge in [0.15, 0.2) is 5.75 Å². The van der Waals surface area contributed by atoms with E-state index >= 15 is 0 Å². The molecular formula is C11H11Cl2NO4. The van der Waals surface area contributed by atoms with Crippen molar-refractivity contribution in [1.29, 1.82) is 0 Å². The number of halogens is 2. The molecule has 1 rings (SSSR count). The third-order valence-electron chi connectivity index (χ3n) is 1.91. The van der Waals surface area contributed by atoms with Crippen molar-refractivity contribution in [3.63, 3.8) is 0 Å². The summed E-state index contributed by atoms with van der Waals surface area (Å²) in [6, 6.07) is 2.65. The Bertz CT molecular complexity index is 453. The normalized spacial score (nSPS) is 9.94. The molecule has 18 heavy (non-hydrogen) atoms. The monoisotopic (exact) mass is 291 g/mol. The van der Waals surface area contributed by atoms with E-state index in [2.05, 4.69) is 10.1 Å². The Hall–Kier alpha value is -1.46. The summed E-state index contributed by atoms with van der Waals surface area (Å²) in [6.45, 7) is 1.86. The lowest BCUT2D eigenvalue weighted by molar-refractivity contribution is -0.145. The first kappa shape index (κ1) is 14.6. The standard InChI is InChI=1S/C11H11Cl2NO4/c1-2-18-10(16)5-9(15)14-6-3-7(12)11(17)8(13)4-6/h3-4,17H,2,5H2,1H3,(H,14,15). The third-order valence-corrected chi connectivity index (χ3v) is 2.49. The Balaban J connectivity index is 2.68. The summed E-state index contributed by atoms with van der Waals surface area (Å²) >= 11 is 11.4. The second-order valence-corrected chi connectivity index (χ2v) is 4.13. The molecule has 0 aliphatic heterocycles. The number of phenols is 1. The SMILES string of the molecule is CCOC(=O)CC(=O)Nc1cc(Cl)c(O)c(Cl)c1. The smallest absolute Gasteiger partial charge is 0.315 e. The Labute approximate surface area is 114 Å². The number of hydrogen-bond donors (Lipinski definition) is 2. The molecule has 0 saturated carbocycles. The number of amides is 1. The van der Waals surface area contributed by atoms with Crippen molar-refractivity contribution in [2.45, 2.75) is 13.3 Å². The number of carbonyl (C=O) groups is 2. The number of anilines is 1. The van der Waals surface area contributed by atoms with Gasteiger partial charge in [0.2, 0.25) is 5.91 Å². The van der Waals surface area contributed by atoms with Crippen LogP contribution in [0, 0.1) is 0 Å². The average molecular weight is 292 g/mol. The van der Waals surface area contributed by atoms with Gasteiger partial charge >= 0.3 is 5.97 Å². The van der Waals surface area contributed by atoms with Crippen molar-refractivity contribution in [2.24, 2.45) is 0 Å². The van der Waals surface area contributed by atoms with Crippen LogP contribution in [0.2, 0.25) is 10.0 Å². The first-order valence-corrected chi connectivity index (χ1v) is 5.83. The summed E-state index contributed by atoms with van der Waals surface area (Å²) in [5.41, 5.74) is 0.289. The van der Waals surface area contributed by atoms with Crippen LogP contribution in [0.15, 0.2) is 12.1 Å². The van der Waals surface area contributed by atoms with E-state index in [1.165, 1.54) is 12.1 Å². The van der Waals surface area contributed by atoms with Crippen LogP contribution in [0.5, 0.6) is 5.75 Å². The van der Waals surface area contributed by atoms with E-state index in [4.69, 9.17) is 23.2 Å². The number of benzene rings is 1. The number of rotatable bonds is 4. The van der Waals surface area contributed by atoms with E-state index < -0.39 is 18.3 Å². The average Bonchev–Trinajstić information content (AvgIpc) is 2.25. The highest BCUT2D eigenvalue weighted by atomic mass is 35.5. The molecule has 0 bridgehead atoms.